The number of rotatable bonds is 7. The van der Waals surface area contributed by atoms with Crippen LogP contribution < -0.4 is 5.19 Å². The van der Waals surface area contributed by atoms with E-state index in [0.29, 0.717) is 5.39 Å². The minimum absolute atomic E-state index is 0.0175. The van der Waals surface area contributed by atoms with Crippen LogP contribution in [-0.4, -0.2) is 21.8 Å². The Labute approximate surface area is 811 Å². The van der Waals surface area contributed by atoms with Crippen LogP contribution in [0.25, 0.3) is 235 Å². The fourth-order valence-corrected chi connectivity index (χ4v) is 27.0. The highest BCUT2D eigenvalue weighted by Crippen LogP contribution is 2.61. The van der Waals surface area contributed by atoms with E-state index < -0.39 is 42.3 Å². The van der Waals surface area contributed by atoms with Gasteiger partial charge in [-0.15, -0.1) is 0 Å². The summed E-state index contributed by atoms with van der Waals surface area (Å²) < 4.78 is 71.3. The molecule has 0 bridgehead atoms. The van der Waals surface area contributed by atoms with E-state index in [9.17, 15) is 17.6 Å². The number of nitrogens with zero attached hydrogens (tertiary/aromatic N) is 3. The first-order chi connectivity index (χ1) is 67.3. The van der Waals surface area contributed by atoms with Gasteiger partial charge in [0.05, 0.1) is 46.6 Å². The molecule has 4 aromatic heterocycles. The summed E-state index contributed by atoms with van der Waals surface area (Å²) in [4.78, 5) is 0. The highest BCUT2D eigenvalue weighted by molar-refractivity contribution is 6.88. The standard InChI is InChI=1S/C51H45N.C43H37N.C37H23F4NOSi/c1-8-51(9-2)43-18-14-13-17-36(43)41-29-40-39(33-24-30(3)23-31(4)25-33)28-42-46-32(19-21-38(48(40)46)49(41)51)26-45-47(42)37-22-20-34(50(5,6)7)27-44(37)52(45)35-15-11-10-12-16-35;1-24-18-25(2)20-29(19-24)44-36-23-28(42(3,4)5)14-17-31(36)40-32-15-12-26-21-34-30-10-8-9-11-35(30)43(6,7)41(34)33-16-13-27(22-37(40)44)38(32)39(26)33;1-44(2,3)21-12-10-20(11-13-21)42-26-7-5-4-6-22(26)30-23-14-8-18-16-25-31-32(38)33(39)34(40)35(41)37(31)43-36(25)24-15-9-19(17-27(30)42)28(23)29(18)24/h10-29H,8-9H2,1-7H3;8-23H,1-7H3;4-17H,1-3H3. The maximum atomic E-state index is 15.0. The zero-order valence-electron chi connectivity index (χ0n) is 82.0. The molecule has 2 aliphatic rings. The molecule has 0 saturated heterocycles. The van der Waals surface area contributed by atoms with Gasteiger partial charge in [0, 0.05) is 76.4 Å². The SMILES string of the molecule is CCC1(CC)c2ccccc2-c2cc3c(-c4cc(C)cc(C)c4)cc4c5c(ccc(c21)c35)cc1c4c2ccc(C(C)(C)C)cc2n1-c1ccccc1.C[Si](C)(C)c1ccc(-n2c3ccccc3c3c4ccc5cc6c(oc7c(F)c(F)c(F)c(F)c76)c6ccc(cc32)c4c56)cc1.Cc1cc(C)cc(-n2c3cc(C(C)(C)C)ccc3c3c4ccc5cc6c(c7ccc(cc32)c4c57)C(C)(C)c2ccccc2-6)c1. The minimum atomic E-state index is -1.88. The van der Waals surface area contributed by atoms with E-state index in [2.05, 4.69) is 397 Å². The fourth-order valence-electron chi connectivity index (χ4n) is 25.9. The summed E-state index contributed by atoms with van der Waals surface area (Å²) in [6.45, 7) is 39.4. The number of fused-ring (bicyclic) bond motifs is 24. The van der Waals surface area contributed by atoms with E-state index in [0.717, 1.165) is 67.3 Å². The predicted molar refractivity (Wildman–Crippen MR) is 590 cm³/mol. The maximum absolute atomic E-state index is 15.0. The van der Waals surface area contributed by atoms with Gasteiger partial charge in [-0.2, -0.15) is 4.39 Å². The van der Waals surface area contributed by atoms with Crippen LogP contribution in [0.5, 0.6) is 0 Å². The van der Waals surface area contributed by atoms with Crippen molar-refractivity contribution in [3.63, 3.8) is 0 Å². The van der Waals surface area contributed by atoms with Gasteiger partial charge < -0.3 is 18.1 Å². The van der Waals surface area contributed by atoms with Gasteiger partial charge in [-0.25, -0.2) is 13.2 Å². The normalized spacial score (nSPS) is 13.8. The van der Waals surface area contributed by atoms with Gasteiger partial charge in [-0.3, -0.25) is 0 Å². The molecule has 4 nitrogen and oxygen atoms in total. The van der Waals surface area contributed by atoms with E-state index in [4.69, 9.17) is 4.42 Å². The molecule has 0 unspecified atom stereocenters. The zero-order valence-corrected chi connectivity index (χ0v) is 83.0. The van der Waals surface area contributed by atoms with E-state index in [-0.39, 0.29) is 32.6 Å². The Hall–Kier alpha value is -14.9. The Balaban J connectivity index is 0.000000109. The second kappa shape index (κ2) is 29.8. The van der Waals surface area contributed by atoms with Gasteiger partial charge in [0.2, 0.25) is 11.6 Å². The van der Waals surface area contributed by atoms with E-state index >= 15 is 0 Å². The third-order valence-electron chi connectivity index (χ3n) is 32.2. The molecule has 0 N–H and O–H groups in total. The molecule has 0 amide bonds. The van der Waals surface area contributed by atoms with E-state index in [1.807, 2.05) is 30.3 Å². The van der Waals surface area contributed by atoms with Crippen molar-refractivity contribution in [3.8, 4) is 50.4 Å². The van der Waals surface area contributed by atoms with Crippen molar-refractivity contribution in [3.05, 3.63) is 382 Å². The predicted octanol–water partition coefficient (Wildman–Crippen LogP) is 36.9. The molecule has 0 saturated carbocycles. The molecular formula is C131H105F4N3OSi. The van der Waals surface area contributed by atoms with Gasteiger partial charge in [0.25, 0.3) is 0 Å². The van der Waals surface area contributed by atoms with Gasteiger partial charge in [-0.05, 0) is 319 Å². The Bertz CT molecular complexity index is 9860. The van der Waals surface area contributed by atoms with Gasteiger partial charge in [0.1, 0.15) is 5.58 Å². The van der Waals surface area contributed by atoms with Crippen LogP contribution >= 0.6 is 0 Å². The largest absolute Gasteiger partial charge is 0.452 e. The average Bonchev–Trinajstić information content (AvgIpc) is 1.48. The molecule has 0 aliphatic heterocycles. The summed E-state index contributed by atoms with van der Waals surface area (Å²) in [5.41, 5.74) is 32.4. The van der Waals surface area contributed by atoms with Crippen LogP contribution in [0.2, 0.25) is 19.6 Å². The Morgan fingerprint density at radius 2 is 0.714 bits per heavy atom. The molecule has 0 spiro atoms. The number of aromatic nitrogens is 3. The number of hydrogen-bond donors (Lipinski definition) is 0. The molecule has 0 atom stereocenters. The van der Waals surface area contributed by atoms with Crippen molar-refractivity contribution in [1.29, 1.82) is 0 Å². The molecule has 140 heavy (non-hydrogen) atoms. The highest BCUT2D eigenvalue weighted by atomic mass is 28.3. The molecule has 9 heteroatoms. The molecule has 2 aliphatic carbocycles. The number of aryl methyl sites for hydroxylation is 4. The third kappa shape index (κ3) is 12.0. The summed E-state index contributed by atoms with van der Waals surface area (Å²) in [6.07, 6.45) is 2.15. The van der Waals surface area contributed by atoms with E-state index in [1.165, 1.54) is 214 Å². The average molecular weight is 1840 g/mol. The van der Waals surface area contributed by atoms with Crippen molar-refractivity contribution in [1.82, 2.24) is 13.7 Å². The zero-order chi connectivity index (χ0) is 96.2. The van der Waals surface area contributed by atoms with Gasteiger partial charge in [0.15, 0.2) is 17.2 Å². The molecule has 0 radical (unpaired) electrons. The summed E-state index contributed by atoms with van der Waals surface area (Å²) >= 11 is 0. The first-order valence-electron chi connectivity index (χ1n) is 49.5. The molecular weight excluding hydrogens is 1740 g/mol. The number of furan rings is 1. The van der Waals surface area contributed by atoms with Crippen LogP contribution in [-0.2, 0) is 21.7 Å². The first kappa shape index (κ1) is 85.5. The second-order valence-electron chi connectivity index (χ2n) is 44.0. The van der Waals surface area contributed by atoms with Crippen LogP contribution in [0.3, 0.4) is 0 Å². The number of benzene rings is 22. The van der Waals surface area contributed by atoms with Crippen molar-refractivity contribution >= 4 is 198 Å². The quantitative estimate of drug-likeness (QED) is 0.0514. The lowest BCUT2D eigenvalue weighted by Gasteiger charge is -2.31. The maximum Gasteiger partial charge on any atom is 0.205 e. The van der Waals surface area contributed by atoms with Gasteiger partial charge in [-0.1, -0.05) is 305 Å². The summed E-state index contributed by atoms with van der Waals surface area (Å²) in [6, 6.07) is 113. The van der Waals surface area contributed by atoms with Crippen molar-refractivity contribution in [2.24, 2.45) is 0 Å². The Kier molecular flexibility index (Phi) is 18.2. The van der Waals surface area contributed by atoms with Crippen LogP contribution in [0.1, 0.15) is 138 Å². The Morgan fingerprint density at radius 1 is 0.286 bits per heavy atom. The molecule has 0 fully saturated rings. The van der Waals surface area contributed by atoms with Crippen molar-refractivity contribution in [2.45, 2.75) is 151 Å². The fraction of sp³-hybridized carbons (Fsp3) is 0.176. The highest BCUT2D eigenvalue weighted by Gasteiger charge is 2.44. The molecule has 28 rings (SSSR count). The number of halogens is 4. The summed E-state index contributed by atoms with van der Waals surface area (Å²) in [5, 5.41) is 30.4. The lowest BCUT2D eigenvalue weighted by atomic mass is 9.71. The second-order valence-corrected chi connectivity index (χ2v) is 49.1. The molecule has 26 aromatic rings. The van der Waals surface area contributed by atoms with Crippen molar-refractivity contribution in [2.75, 3.05) is 0 Å². The van der Waals surface area contributed by atoms with E-state index in [1.54, 1.807) is 6.07 Å². The lowest BCUT2D eigenvalue weighted by Crippen LogP contribution is -2.37. The minimum Gasteiger partial charge on any atom is -0.452 e. The van der Waals surface area contributed by atoms with Gasteiger partial charge >= 0.3 is 0 Å². The van der Waals surface area contributed by atoms with Crippen LogP contribution in [0.4, 0.5) is 17.6 Å². The molecule has 4 heterocycles. The Morgan fingerprint density at radius 3 is 1.29 bits per heavy atom. The number of hydrogen-bond acceptors (Lipinski definition) is 1. The summed E-state index contributed by atoms with van der Waals surface area (Å²) in [7, 11) is -1.47. The smallest absolute Gasteiger partial charge is 0.205 e. The third-order valence-corrected chi connectivity index (χ3v) is 34.3. The number of para-hydroxylation sites is 2. The van der Waals surface area contributed by atoms with Crippen LogP contribution in [0, 0.1) is 51.0 Å². The van der Waals surface area contributed by atoms with Crippen molar-refractivity contribution < 1.29 is 22.0 Å². The summed E-state index contributed by atoms with van der Waals surface area (Å²) in [5.74, 6) is -6.73. The molecule has 22 aromatic carbocycles. The lowest BCUT2D eigenvalue weighted by molar-refractivity contribution is 0.412. The van der Waals surface area contributed by atoms with Crippen LogP contribution in [0.15, 0.2) is 308 Å². The topological polar surface area (TPSA) is 27.9 Å². The monoisotopic (exact) mass is 1840 g/mol. The first-order valence-corrected chi connectivity index (χ1v) is 53.0. The molecule has 682 valence electrons.